The first-order valence-corrected chi connectivity index (χ1v) is 5.14. The zero-order valence-corrected chi connectivity index (χ0v) is 8.89. The number of nitrogens with zero attached hydrogens (tertiary/aromatic N) is 2. The molecule has 2 rings (SSSR count). The molecule has 16 heavy (non-hydrogen) atoms. The monoisotopic (exact) mass is 248 g/mol. The maximum Gasteiger partial charge on any atom is 0.256 e. The van der Waals surface area contributed by atoms with Crippen molar-refractivity contribution in [3.8, 4) is 0 Å². The molecule has 1 aromatic carbocycles. The highest BCUT2D eigenvalue weighted by atomic mass is 35.5. The largest absolute Gasteiger partial charge is 0.321 e. The summed E-state index contributed by atoms with van der Waals surface area (Å²) >= 11 is 5.60. The van der Waals surface area contributed by atoms with E-state index in [4.69, 9.17) is 11.6 Å². The lowest BCUT2D eigenvalue weighted by molar-refractivity contribution is 0.127. The molecule has 0 saturated heterocycles. The van der Waals surface area contributed by atoms with Gasteiger partial charge in [0.25, 0.3) is 6.43 Å². The van der Waals surface area contributed by atoms with Crippen LogP contribution < -0.4 is 0 Å². The van der Waals surface area contributed by atoms with Crippen molar-refractivity contribution < 1.29 is 13.2 Å². The molecule has 0 N–H and O–H groups in total. The van der Waals surface area contributed by atoms with Crippen molar-refractivity contribution in [3.63, 3.8) is 0 Å². The minimum atomic E-state index is -2.53. The minimum absolute atomic E-state index is 0.0169. The van der Waals surface area contributed by atoms with Crippen LogP contribution in [0.5, 0.6) is 0 Å². The van der Waals surface area contributed by atoms with E-state index in [1.807, 2.05) is 0 Å². The lowest BCUT2D eigenvalue weighted by atomic mass is 10.3. The van der Waals surface area contributed by atoms with Crippen molar-refractivity contribution in [3.05, 3.63) is 29.8 Å². The van der Waals surface area contributed by atoms with Gasteiger partial charge in [-0.05, 0) is 18.2 Å². The van der Waals surface area contributed by atoms with Crippen LogP contribution in [0.2, 0.25) is 0 Å². The maximum absolute atomic E-state index is 13.0. The summed E-state index contributed by atoms with van der Waals surface area (Å²) in [5, 5.41) is 0. The fourth-order valence-corrected chi connectivity index (χ4v) is 1.79. The number of benzene rings is 1. The van der Waals surface area contributed by atoms with Crippen LogP contribution in [0.3, 0.4) is 0 Å². The Kier molecular flexibility index (Phi) is 3.05. The number of imidazole rings is 1. The van der Waals surface area contributed by atoms with Gasteiger partial charge in [-0.15, -0.1) is 11.6 Å². The summed E-state index contributed by atoms with van der Waals surface area (Å²) in [6.45, 7) is -0.526. The molecule has 0 aliphatic carbocycles. The lowest BCUT2D eigenvalue weighted by Gasteiger charge is -2.06. The molecule has 0 atom stereocenters. The highest BCUT2D eigenvalue weighted by Crippen LogP contribution is 2.20. The van der Waals surface area contributed by atoms with Gasteiger partial charge in [0.15, 0.2) is 0 Å². The SMILES string of the molecule is Fc1ccc2nc(CCl)n(CC(F)F)c2c1. The van der Waals surface area contributed by atoms with Gasteiger partial charge in [0, 0.05) is 0 Å². The number of hydrogen-bond acceptors (Lipinski definition) is 1. The van der Waals surface area contributed by atoms with Crippen LogP contribution in [0.4, 0.5) is 13.2 Å². The van der Waals surface area contributed by atoms with Gasteiger partial charge in [-0.1, -0.05) is 0 Å². The molecule has 0 amide bonds. The summed E-state index contributed by atoms with van der Waals surface area (Å²) in [7, 11) is 0. The number of halogens is 4. The van der Waals surface area contributed by atoms with Gasteiger partial charge in [0.2, 0.25) is 0 Å². The Labute approximate surface area is 94.6 Å². The third kappa shape index (κ3) is 2.00. The summed E-state index contributed by atoms with van der Waals surface area (Å²) in [5.74, 6) is -0.144. The third-order valence-electron chi connectivity index (χ3n) is 2.23. The normalized spacial score (nSPS) is 11.6. The second-order valence-corrected chi connectivity index (χ2v) is 3.56. The number of hydrogen-bond donors (Lipinski definition) is 0. The van der Waals surface area contributed by atoms with E-state index < -0.39 is 18.8 Å². The molecule has 0 bridgehead atoms. The van der Waals surface area contributed by atoms with Crippen LogP contribution in [0.15, 0.2) is 18.2 Å². The molecular weight excluding hydrogens is 241 g/mol. The van der Waals surface area contributed by atoms with Gasteiger partial charge < -0.3 is 4.57 Å². The van der Waals surface area contributed by atoms with Gasteiger partial charge in [-0.25, -0.2) is 18.2 Å². The van der Waals surface area contributed by atoms with Crippen LogP contribution in [-0.4, -0.2) is 16.0 Å². The molecule has 6 heteroatoms. The molecule has 2 aromatic rings. The summed E-state index contributed by atoms with van der Waals surface area (Å²) < 4.78 is 39.0. The number of rotatable bonds is 3. The molecule has 2 nitrogen and oxygen atoms in total. The van der Waals surface area contributed by atoms with E-state index in [9.17, 15) is 13.2 Å². The lowest BCUT2D eigenvalue weighted by Crippen LogP contribution is -2.09. The van der Waals surface area contributed by atoms with Gasteiger partial charge in [-0.3, -0.25) is 0 Å². The second kappa shape index (κ2) is 4.33. The van der Waals surface area contributed by atoms with Crippen molar-refractivity contribution in [2.45, 2.75) is 18.9 Å². The van der Waals surface area contributed by atoms with Crippen molar-refractivity contribution >= 4 is 22.6 Å². The Balaban J connectivity index is 2.60. The number of fused-ring (bicyclic) bond motifs is 1. The molecular formula is C10H8ClF3N2. The fraction of sp³-hybridized carbons (Fsp3) is 0.300. The Morgan fingerprint density at radius 3 is 2.75 bits per heavy atom. The average molecular weight is 249 g/mol. The van der Waals surface area contributed by atoms with Crippen LogP contribution in [-0.2, 0) is 12.4 Å². The summed E-state index contributed by atoms with van der Waals surface area (Å²) in [6, 6.07) is 3.86. The van der Waals surface area contributed by atoms with Crippen LogP contribution >= 0.6 is 11.6 Å². The zero-order valence-electron chi connectivity index (χ0n) is 8.13. The van der Waals surface area contributed by atoms with Crippen molar-refractivity contribution in [2.75, 3.05) is 0 Å². The molecule has 0 saturated carbocycles. The highest BCUT2D eigenvalue weighted by Gasteiger charge is 2.14. The van der Waals surface area contributed by atoms with Gasteiger partial charge in [0.05, 0.1) is 23.5 Å². The standard InChI is InChI=1S/C10H8ClF3N2/c11-4-10-15-7-2-1-6(12)3-8(7)16(10)5-9(13)14/h1-3,9H,4-5H2. The first kappa shape index (κ1) is 11.3. The summed E-state index contributed by atoms with van der Waals surface area (Å²) in [6.07, 6.45) is -2.53. The number of alkyl halides is 3. The van der Waals surface area contributed by atoms with Crippen LogP contribution in [0.1, 0.15) is 5.82 Å². The third-order valence-corrected chi connectivity index (χ3v) is 2.47. The van der Waals surface area contributed by atoms with E-state index >= 15 is 0 Å². The Morgan fingerprint density at radius 1 is 1.38 bits per heavy atom. The Morgan fingerprint density at radius 2 is 2.12 bits per heavy atom. The van der Waals surface area contributed by atoms with Crippen LogP contribution in [0, 0.1) is 5.82 Å². The molecule has 0 fully saturated rings. The first-order chi connectivity index (χ1) is 7.61. The van der Waals surface area contributed by atoms with E-state index in [2.05, 4.69) is 4.98 Å². The topological polar surface area (TPSA) is 17.8 Å². The summed E-state index contributed by atoms with van der Waals surface area (Å²) in [4.78, 5) is 4.06. The molecule has 0 radical (unpaired) electrons. The van der Waals surface area contributed by atoms with E-state index in [0.29, 0.717) is 16.9 Å². The molecule has 0 unspecified atom stereocenters. The highest BCUT2D eigenvalue weighted by molar-refractivity contribution is 6.16. The first-order valence-electron chi connectivity index (χ1n) is 4.60. The quantitative estimate of drug-likeness (QED) is 0.763. The second-order valence-electron chi connectivity index (χ2n) is 3.30. The van der Waals surface area contributed by atoms with Gasteiger partial charge in [0.1, 0.15) is 11.6 Å². The van der Waals surface area contributed by atoms with E-state index in [1.54, 1.807) is 0 Å². The molecule has 1 aromatic heterocycles. The smallest absolute Gasteiger partial charge is 0.256 e. The Bertz CT molecular complexity index is 510. The van der Waals surface area contributed by atoms with E-state index in [-0.39, 0.29) is 5.88 Å². The van der Waals surface area contributed by atoms with Crippen LogP contribution in [0.25, 0.3) is 11.0 Å². The average Bonchev–Trinajstić information content (AvgIpc) is 2.56. The van der Waals surface area contributed by atoms with Crippen molar-refractivity contribution in [2.24, 2.45) is 0 Å². The van der Waals surface area contributed by atoms with Crippen molar-refractivity contribution in [1.29, 1.82) is 0 Å². The van der Waals surface area contributed by atoms with Gasteiger partial charge in [-0.2, -0.15) is 0 Å². The molecule has 86 valence electrons. The number of aromatic nitrogens is 2. The van der Waals surface area contributed by atoms with Gasteiger partial charge >= 0.3 is 0 Å². The molecule has 0 aliphatic heterocycles. The molecule has 0 aliphatic rings. The maximum atomic E-state index is 13.0. The fourth-order valence-electron chi connectivity index (χ4n) is 1.59. The van der Waals surface area contributed by atoms with Crippen molar-refractivity contribution in [1.82, 2.24) is 9.55 Å². The molecule has 0 spiro atoms. The summed E-state index contributed by atoms with van der Waals surface area (Å²) in [5.41, 5.74) is 0.814. The van der Waals surface area contributed by atoms with E-state index in [0.717, 1.165) is 0 Å². The van der Waals surface area contributed by atoms with E-state index in [1.165, 1.54) is 22.8 Å². The predicted octanol–water partition coefficient (Wildman–Crippen LogP) is 3.18. The minimum Gasteiger partial charge on any atom is -0.321 e. The predicted molar refractivity (Wildman–Crippen MR) is 55.3 cm³/mol. The molecule has 1 heterocycles. The zero-order chi connectivity index (χ0) is 11.7. The Hall–Kier alpha value is -1.23.